The normalized spacial score (nSPS) is 45.9. The lowest BCUT2D eigenvalue weighted by molar-refractivity contribution is -0.308. The molecule has 0 amide bonds. The molecule has 0 aliphatic carbocycles. The van der Waals surface area contributed by atoms with Crippen LogP contribution in [0.15, 0.2) is 12.2 Å². The number of methoxy groups -OCH3 is 1. The van der Waals surface area contributed by atoms with E-state index in [1.807, 2.05) is 6.92 Å². The average molecular weight is 634 g/mol. The average Bonchev–Trinajstić information content (AvgIpc) is 3.20. The molecule has 0 aromatic rings. The first kappa shape index (κ1) is 32.8. The number of fused-ring (bicyclic) bond motifs is 1. The minimum Gasteiger partial charge on any atom is -0.392 e. The highest BCUT2D eigenvalue weighted by Gasteiger charge is 2.58. The molecule has 0 saturated carbocycles. The van der Waals surface area contributed by atoms with Gasteiger partial charge < -0.3 is 39.0 Å². The molecule has 0 bridgehead atoms. The summed E-state index contributed by atoms with van der Waals surface area (Å²) in [5.74, 6) is 0. The molecule has 9 heteroatoms. The van der Waals surface area contributed by atoms with Gasteiger partial charge in [-0.2, -0.15) is 0 Å². The van der Waals surface area contributed by atoms with E-state index in [0.717, 1.165) is 32.1 Å². The SMILES string of the molecule is C=C(CO)C(CCC1(C)OC(C(C)(O)C2CCC3OC(C4(C)CCC(Br)C(C)(C)O4)CCC3(C)O2)CC1O)OC. The van der Waals surface area contributed by atoms with Crippen molar-refractivity contribution in [2.24, 2.45) is 0 Å². The van der Waals surface area contributed by atoms with E-state index in [-0.39, 0.29) is 36.1 Å². The predicted molar refractivity (Wildman–Crippen MR) is 157 cm³/mol. The van der Waals surface area contributed by atoms with Crippen LogP contribution in [0, 0.1) is 0 Å². The van der Waals surface area contributed by atoms with Crippen LogP contribution in [0.3, 0.4) is 0 Å². The highest BCUT2D eigenvalue weighted by atomic mass is 79.9. The molecule has 0 aromatic carbocycles. The fourth-order valence-corrected chi connectivity index (χ4v) is 7.77. The molecule has 11 unspecified atom stereocenters. The molecule has 40 heavy (non-hydrogen) atoms. The van der Waals surface area contributed by atoms with Crippen LogP contribution in [0.4, 0.5) is 0 Å². The van der Waals surface area contributed by atoms with E-state index >= 15 is 0 Å². The van der Waals surface area contributed by atoms with Crippen molar-refractivity contribution in [2.75, 3.05) is 13.7 Å². The van der Waals surface area contributed by atoms with Crippen LogP contribution in [0.25, 0.3) is 0 Å². The summed E-state index contributed by atoms with van der Waals surface area (Å²) in [6.07, 6.45) is 4.28. The van der Waals surface area contributed by atoms with Gasteiger partial charge in [0.2, 0.25) is 0 Å². The van der Waals surface area contributed by atoms with E-state index in [1.165, 1.54) is 0 Å². The highest BCUT2D eigenvalue weighted by Crippen LogP contribution is 2.50. The number of alkyl halides is 1. The molecule has 4 aliphatic rings. The minimum atomic E-state index is -1.29. The Bertz CT molecular complexity index is 912. The van der Waals surface area contributed by atoms with E-state index in [2.05, 4.69) is 50.2 Å². The van der Waals surface area contributed by atoms with Crippen molar-refractivity contribution >= 4 is 15.9 Å². The van der Waals surface area contributed by atoms with Crippen molar-refractivity contribution in [3.05, 3.63) is 12.2 Å². The predicted octanol–water partition coefficient (Wildman–Crippen LogP) is 4.59. The zero-order valence-electron chi connectivity index (χ0n) is 25.6. The summed E-state index contributed by atoms with van der Waals surface area (Å²) in [4.78, 5) is 0.322. The van der Waals surface area contributed by atoms with Crippen molar-refractivity contribution in [2.45, 2.75) is 169 Å². The largest absolute Gasteiger partial charge is 0.392 e. The van der Waals surface area contributed by atoms with Crippen LogP contribution < -0.4 is 0 Å². The third kappa shape index (κ3) is 6.25. The zero-order valence-corrected chi connectivity index (χ0v) is 27.2. The van der Waals surface area contributed by atoms with Crippen LogP contribution in [-0.4, -0.2) is 98.5 Å². The van der Waals surface area contributed by atoms with E-state index in [4.69, 9.17) is 23.7 Å². The summed E-state index contributed by atoms with van der Waals surface area (Å²) in [5.41, 5.74) is -2.66. The standard InChI is InChI=1S/C31H53BrO8/c1-19(18-33)20(36-8)11-14-28(4)22(34)17-26(39-28)31(7,35)25-10-9-23-29(5,38-25)16-13-24(37-23)30(6)15-12-21(32)27(2,3)40-30/h20-26,33-35H,1,9-18H2,2-8H3. The summed E-state index contributed by atoms with van der Waals surface area (Å²) in [5, 5.41) is 32.3. The number of halogens is 1. The topological polar surface area (TPSA) is 107 Å². The third-order valence-corrected chi connectivity index (χ3v) is 12.1. The molecule has 3 N–H and O–H groups in total. The van der Waals surface area contributed by atoms with Crippen LogP contribution in [0.2, 0.25) is 0 Å². The zero-order chi connectivity index (χ0) is 29.7. The van der Waals surface area contributed by atoms with Gasteiger partial charge in [0.15, 0.2) is 0 Å². The molecule has 4 fully saturated rings. The number of aliphatic hydroxyl groups is 3. The van der Waals surface area contributed by atoms with Crippen molar-refractivity contribution in [1.29, 1.82) is 0 Å². The summed E-state index contributed by atoms with van der Waals surface area (Å²) in [7, 11) is 1.58. The van der Waals surface area contributed by atoms with E-state index in [0.29, 0.717) is 36.1 Å². The maximum Gasteiger partial charge on any atom is 0.114 e. The quantitative estimate of drug-likeness (QED) is 0.250. The molecule has 0 spiro atoms. The van der Waals surface area contributed by atoms with Crippen molar-refractivity contribution in [3.8, 4) is 0 Å². The van der Waals surface area contributed by atoms with Gasteiger partial charge in [0.25, 0.3) is 0 Å². The minimum absolute atomic E-state index is 0.00243. The molecule has 8 nitrogen and oxygen atoms in total. The molecular formula is C31H53BrO8. The Kier molecular flexibility index (Phi) is 9.65. The Balaban J connectivity index is 1.38. The lowest BCUT2D eigenvalue weighted by Crippen LogP contribution is -2.64. The Morgan fingerprint density at radius 1 is 1.02 bits per heavy atom. The second kappa shape index (κ2) is 11.8. The molecular weight excluding hydrogens is 580 g/mol. The van der Waals surface area contributed by atoms with E-state index < -0.39 is 35.1 Å². The van der Waals surface area contributed by atoms with Crippen LogP contribution >= 0.6 is 15.9 Å². The number of rotatable bonds is 9. The van der Waals surface area contributed by atoms with Crippen LogP contribution in [0.1, 0.15) is 99.3 Å². The Hall–Kier alpha value is -0.1000. The fourth-order valence-electron chi connectivity index (χ4n) is 7.45. The summed E-state index contributed by atoms with van der Waals surface area (Å²) >= 11 is 3.79. The molecule has 4 aliphatic heterocycles. The number of aliphatic hydroxyl groups excluding tert-OH is 2. The van der Waals surface area contributed by atoms with Gasteiger partial charge >= 0.3 is 0 Å². The lowest BCUT2D eigenvalue weighted by Gasteiger charge is -2.56. The molecule has 4 heterocycles. The van der Waals surface area contributed by atoms with Crippen molar-refractivity contribution < 1.29 is 39.0 Å². The highest BCUT2D eigenvalue weighted by molar-refractivity contribution is 9.09. The summed E-state index contributed by atoms with van der Waals surface area (Å²) < 4.78 is 32.0. The Labute approximate surface area is 249 Å². The first-order valence-corrected chi connectivity index (χ1v) is 16.0. The van der Waals surface area contributed by atoms with Gasteiger partial charge in [0, 0.05) is 18.4 Å². The van der Waals surface area contributed by atoms with Gasteiger partial charge in [0.05, 0.1) is 65.6 Å². The second-order valence-electron chi connectivity index (χ2n) is 14.1. The monoisotopic (exact) mass is 632 g/mol. The van der Waals surface area contributed by atoms with Gasteiger partial charge in [-0.1, -0.05) is 22.5 Å². The van der Waals surface area contributed by atoms with Crippen LogP contribution in [0.5, 0.6) is 0 Å². The Morgan fingerprint density at radius 3 is 2.30 bits per heavy atom. The first-order valence-electron chi connectivity index (χ1n) is 15.1. The second-order valence-corrected chi connectivity index (χ2v) is 15.3. The van der Waals surface area contributed by atoms with Crippen molar-refractivity contribution in [1.82, 2.24) is 0 Å². The molecule has 4 saturated heterocycles. The molecule has 232 valence electrons. The molecule has 0 aromatic heterocycles. The fraction of sp³-hybridized carbons (Fsp3) is 0.935. The van der Waals surface area contributed by atoms with Gasteiger partial charge in [0.1, 0.15) is 5.60 Å². The van der Waals surface area contributed by atoms with E-state index in [9.17, 15) is 15.3 Å². The van der Waals surface area contributed by atoms with E-state index in [1.54, 1.807) is 14.0 Å². The lowest BCUT2D eigenvalue weighted by atomic mass is 9.75. The maximum atomic E-state index is 11.8. The number of ether oxygens (including phenoxy) is 5. The summed E-state index contributed by atoms with van der Waals surface area (Å²) in [6.45, 7) is 16.0. The van der Waals surface area contributed by atoms with Crippen LogP contribution in [-0.2, 0) is 23.7 Å². The molecule has 4 rings (SSSR count). The Morgan fingerprint density at radius 2 is 1.68 bits per heavy atom. The summed E-state index contributed by atoms with van der Waals surface area (Å²) in [6, 6.07) is 0. The first-order chi connectivity index (χ1) is 18.5. The van der Waals surface area contributed by atoms with Gasteiger partial charge in [-0.15, -0.1) is 0 Å². The van der Waals surface area contributed by atoms with Crippen molar-refractivity contribution in [3.63, 3.8) is 0 Å². The number of hydrogen-bond donors (Lipinski definition) is 3. The van der Waals surface area contributed by atoms with Gasteiger partial charge in [-0.05, 0) is 98.5 Å². The van der Waals surface area contributed by atoms with Gasteiger partial charge in [-0.25, -0.2) is 0 Å². The molecule has 11 atom stereocenters. The van der Waals surface area contributed by atoms with Gasteiger partial charge in [-0.3, -0.25) is 0 Å². The smallest absolute Gasteiger partial charge is 0.114 e. The maximum absolute atomic E-state index is 11.8. The third-order valence-electron chi connectivity index (χ3n) is 10.5. The molecule has 0 radical (unpaired) electrons. The number of hydrogen-bond acceptors (Lipinski definition) is 8.